The SMILES string of the molecule is CC1(C)c2ccccc2-c2ccc(N(c3ccc(-c4ccc(N(c5ccccc5)c5ccccc5)cc4)cc3)c3ccc(N(c4ccc(-c5ccc(N(c6ccccc6)c6ccccc6)cc5)cc4)c4ccc5c(c4)C(C)(C)c4ccccc4-5)cc3)cc21. The number of hydrogen-bond donors (Lipinski definition) is 0. The third kappa shape index (κ3) is 9.60. The molecule has 0 atom stereocenters. The summed E-state index contributed by atoms with van der Waals surface area (Å²) in [6.07, 6.45) is 0. The quantitative estimate of drug-likeness (QED) is 0.108. The van der Waals surface area contributed by atoms with Gasteiger partial charge >= 0.3 is 0 Å². The minimum absolute atomic E-state index is 0.165. The van der Waals surface area contributed by atoms with Gasteiger partial charge in [0, 0.05) is 79.1 Å². The van der Waals surface area contributed by atoms with Gasteiger partial charge in [0.25, 0.3) is 0 Å². The molecule has 0 amide bonds. The molecule has 0 aliphatic heterocycles. The molecule has 4 heteroatoms. The summed E-state index contributed by atoms with van der Waals surface area (Å²) in [6.45, 7) is 9.45. The van der Waals surface area contributed by atoms with Crippen molar-refractivity contribution >= 4 is 68.2 Å². The molecule has 0 unspecified atom stereocenters. The van der Waals surface area contributed by atoms with E-state index in [-0.39, 0.29) is 10.8 Å². The Labute approximate surface area is 517 Å². The summed E-state index contributed by atoms with van der Waals surface area (Å²) in [5.74, 6) is 0. The molecule has 0 radical (unpaired) electrons. The molecular weight excluding hydrogens is 1060 g/mol. The largest absolute Gasteiger partial charge is 0.311 e. The highest BCUT2D eigenvalue weighted by atomic mass is 15.2. The molecule has 0 fully saturated rings. The van der Waals surface area contributed by atoms with Gasteiger partial charge in [-0.2, -0.15) is 0 Å². The van der Waals surface area contributed by atoms with E-state index in [2.05, 4.69) is 375 Å². The fourth-order valence-corrected chi connectivity index (χ4v) is 13.7. The Kier molecular flexibility index (Phi) is 13.5. The molecule has 4 nitrogen and oxygen atoms in total. The van der Waals surface area contributed by atoms with Gasteiger partial charge in [-0.1, -0.05) is 210 Å². The zero-order valence-electron chi connectivity index (χ0n) is 50.0. The second-order valence-corrected chi connectivity index (χ2v) is 24.2. The van der Waals surface area contributed by atoms with Gasteiger partial charge in [-0.25, -0.2) is 0 Å². The van der Waals surface area contributed by atoms with E-state index in [9.17, 15) is 0 Å². The fraction of sp³-hybridized carbons (Fsp3) is 0.0714. The predicted molar refractivity (Wildman–Crippen MR) is 371 cm³/mol. The lowest BCUT2D eigenvalue weighted by Gasteiger charge is -2.30. The van der Waals surface area contributed by atoms with Crippen molar-refractivity contribution < 1.29 is 0 Å². The number of hydrogen-bond acceptors (Lipinski definition) is 4. The summed E-state index contributed by atoms with van der Waals surface area (Å²) >= 11 is 0. The van der Waals surface area contributed by atoms with Crippen LogP contribution in [0.5, 0.6) is 0 Å². The number of fused-ring (bicyclic) bond motifs is 6. The molecule has 422 valence electrons. The van der Waals surface area contributed by atoms with Crippen molar-refractivity contribution in [3.05, 3.63) is 350 Å². The first-order chi connectivity index (χ1) is 43.2. The van der Waals surface area contributed by atoms with E-state index in [0.717, 1.165) is 90.5 Å². The smallest absolute Gasteiger partial charge is 0.0465 e. The molecule has 0 aromatic heterocycles. The molecule has 2 aliphatic carbocycles. The molecule has 0 bridgehead atoms. The van der Waals surface area contributed by atoms with Crippen LogP contribution in [0.25, 0.3) is 44.5 Å². The number of rotatable bonds is 14. The van der Waals surface area contributed by atoms with E-state index < -0.39 is 0 Å². The van der Waals surface area contributed by atoms with Gasteiger partial charge in [0.05, 0.1) is 0 Å². The zero-order valence-corrected chi connectivity index (χ0v) is 50.0. The third-order valence-corrected chi connectivity index (χ3v) is 18.2. The Hall–Kier alpha value is -10.9. The summed E-state index contributed by atoms with van der Waals surface area (Å²) in [7, 11) is 0. The molecule has 13 aromatic carbocycles. The Morgan fingerprint density at radius 3 is 0.636 bits per heavy atom. The zero-order chi connectivity index (χ0) is 59.3. The van der Waals surface area contributed by atoms with Crippen LogP contribution in [-0.4, -0.2) is 0 Å². The van der Waals surface area contributed by atoms with Crippen LogP contribution in [0.15, 0.2) is 328 Å². The van der Waals surface area contributed by atoms with E-state index in [1.807, 2.05) is 0 Å². The monoisotopic (exact) mass is 1130 g/mol. The van der Waals surface area contributed by atoms with Crippen molar-refractivity contribution in [2.75, 3.05) is 19.6 Å². The summed E-state index contributed by atoms with van der Waals surface area (Å²) in [6, 6.07) is 119. The lowest BCUT2D eigenvalue weighted by Crippen LogP contribution is -2.17. The first-order valence-electron chi connectivity index (χ1n) is 30.6. The summed E-state index contributed by atoms with van der Waals surface area (Å²) in [5.41, 5.74) is 28.1. The van der Waals surface area contributed by atoms with Gasteiger partial charge in [0.1, 0.15) is 0 Å². The van der Waals surface area contributed by atoms with E-state index in [0.29, 0.717) is 0 Å². The number of anilines is 12. The maximum absolute atomic E-state index is 2.43. The molecule has 0 saturated heterocycles. The number of benzene rings is 13. The average Bonchev–Trinajstić information content (AvgIpc) is 1.69. The van der Waals surface area contributed by atoms with Crippen molar-refractivity contribution in [3.63, 3.8) is 0 Å². The highest BCUT2D eigenvalue weighted by molar-refractivity contribution is 5.90. The molecule has 0 spiro atoms. The Morgan fingerprint density at radius 1 is 0.170 bits per heavy atom. The second kappa shape index (κ2) is 22.2. The molecule has 0 saturated carbocycles. The minimum atomic E-state index is -0.165. The number of nitrogens with zero attached hydrogens (tertiary/aromatic N) is 4. The van der Waals surface area contributed by atoms with E-state index in [4.69, 9.17) is 0 Å². The van der Waals surface area contributed by atoms with Crippen LogP contribution >= 0.6 is 0 Å². The van der Waals surface area contributed by atoms with E-state index >= 15 is 0 Å². The standard InChI is InChI=1S/C84H66N4/c1-83(2)79-31-19-17-29-75(79)77-55-53-73(57-81(77)83)87(69-45-37-61(38-46-69)59-33-41-67(42-34-59)85(63-21-9-5-10-22-63)64-23-11-6-12-24-64)71-49-51-72(52-50-71)88(74-54-56-78-76-30-18-20-32-80(76)84(3,4)82(78)58-74)70-47-39-62(40-48-70)60-35-43-68(44-36-60)86(65-25-13-7-14-26-65)66-27-15-8-16-28-66/h5-58H,1-4H3. The van der Waals surface area contributed by atoms with Crippen LogP contribution in [0.2, 0.25) is 0 Å². The maximum Gasteiger partial charge on any atom is 0.0465 e. The summed E-state index contributed by atoms with van der Waals surface area (Å²) in [5, 5.41) is 0. The Balaban J connectivity index is 0.795. The normalized spacial score (nSPS) is 13.0. The molecule has 2 aliphatic rings. The highest BCUT2D eigenvalue weighted by Gasteiger charge is 2.37. The van der Waals surface area contributed by atoms with Gasteiger partial charge in [-0.05, 0) is 212 Å². The van der Waals surface area contributed by atoms with Gasteiger partial charge in [-0.15, -0.1) is 0 Å². The summed E-state index contributed by atoms with van der Waals surface area (Å²) in [4.78, 5) is 9.46. The van der Waals surface area contributed by atoms with Crippen molar-refractivity contribution in [3.8, 4) is 44.5 Å². The number of para-hydroxylation sites is 4. The molecule has 88 heavy (non-hydrogen) atoms. The van der Waals surface area contributed by atoms with Crippen LogP contribution < -0.4 is 19.6 Å². The van der Waals surface area contributed by atoms with Gasteiger partial charge in [0.15, 0.2) is 0 Å². The molecule has 0 N–H and O–H groups in total. The fourth-order valence-electron chi connectivity index (χ4n) is 13.7. The Bertz CT molecular complexity index is 4240. The lowest BCUT2D eigenvalue weighted by molar-refractivity contribution is 0.660. The molecule has 0 heterocycles. The van der Waals surface area contributed by atoms with Crippen LogP contribution in [0.1, 0.15) is 49.9 Å². The summed E-state index contributed by atoms with van der Waals surface area (Å²) < 4.78 is 0. The van der Waals surface area contributed by atoms with Crippen molar-refractivity contribution in [2.24, 2.45) is 0 Å². The molecule has 13 aromatic rings. The van der Waals surface area contributed by atoms with Crippen LogP contribution in [0.3, 0.4) is 0 Å². The third-order valence-electron chi connectivity index (χ3n) is 18.2. The first-order valence-corrected chi connectivity index (χ1v) is 30.6. The van der Waals surface area contributed by atoms with Gasteiger partial charge < -0.3 is 19.6 Å². The van der Waals surface area contributed by atoms with Crippen molar-refractivity contribution in [1.29, 1.82) is 0 Å². The average molecular weight is 1130 g/mol. The van der Waals surface area contributed by atoms with Gasteiger partial charge in [0.2, 0.25) is 0 Å². The van der Waals surface area contributed by atoms with Crippen molar-refractivity contribution in [1.82, 2.24) is 0 Å². The van der Waals surface area contributed by atoms with Crippen LogP contribution in [0, 0.1) is 0 Å². The second-order valence-electron chi connectivity index (χ2n) is 24.2. The molecule has 15 rings (SSSR count). The highest BCUT2D eigenvalue weighted by Crippen LogP contribution is 2.53. The predicted octanol–water partition coefficient (Wildman–Crippen LogP) is 23.5. The topological polar surface area (TPSA) is 13.0 Å². The maximum atomic E-state index is 2.43. The van der Waals surface area contributed by atoms with Crippen LogP contribution in [0.4, 0.5) is 68.2 Å². The van der Waals surface area contributed by atoms with E-state index in [1.54, 1.807) is 0 Å². The first kappa shape index (κ1) is 53.8. The lowest BCUT2D eigenvalue weighted by atomic mass is 9.82. The van der Waals surface area contributed by atoms with Crippen LogP contribution in [-0.2, 0) is 10.8 Å². The molecular formula is C84H66N4. The minimum Gasteiger partial charge on any atom is -0.311 e. The Morgan fingerprint density at radius 2 is 0.364 bits per heavy atom. The van der Waals surface area contributed by atoms with Gasteiger partial charge in [-0.3, -0.25) is 0 Å². The van der Waals surface area contributed by atoms with Crippen molar-refractivity contribution in [2.45, 2.75) is 38.5 Å². The van der Waals surface area contributed by atoms with E-state index in [1.165, 1.54) is 44.5 Å².